The highest BCUT2D eigenvalue weighted by Crippen LogP contribution is 2.35. The number of hydrogen-bond donors (Lipinski definition) is 0. The molecule has 0 aliphatic rings. The van der Waals surface area contributed by atoms with Crippen molar-refractivity contribution in [2.24, 2.45) is 0 Å². The minimum Gasteiger partial charge on any atom is -0.245 e. The molecule has 0 amide bonds. The smallest absolute Gasteiger partial charge is 0.123 e. The van der Waals surface area contributed by atoms with E-state index < -0.39 is 0 Å². The van der Waals surface area contributed by atoms with Gasteiger partial charge in [-0.1, -0.05) is 36.4 Å². The van der Waals surface area contributed by atoms with Crippen LogP contribution in [0.4, 0.5) is 0 Å². The molecule has 0 saturated carbocycles. The average Bonchev–Trinajstić information content (AvgIpc) is 3.56. The molecule has 0 aliphatic heterocycles. The summed E-state index contributed by atoms with van der Waals surface area (Å²) in [5.41, 5.74) is 2.35. The minimum absolute atomic E-state index is 1.06. The number of fused-ring (bicyclic) bond motifs is 5. The first-order valence-electron chi connectivity index (χ1n) is 10.5. The van der Waals surface area contributed by atoms with Gasteiger partial charge in [0, 0.05) is 34.3 Å². The van der Waals surface area contributed by atoms with Gasteiger partial charge >= 0.3 is 0 Å². The molecule has 0 bridgehead atoms. The van der Waals surface area contributed by atoms with Gasteiger partial charge in [-0.3, -0.25) is 0 Å². The number of thiazole rings is 2. The first-order valence-corrected chi connectivity index (χ1v) is 12.2. The molecule has 0 aliphatic carbocycles. The van der Waals surface area contributed by atoms with Crippen LogP contribution in [0.3, 0.4) is 0 Å². The Bertz CT molecular complexity index is 1630. The van der Waals surface area contributed by atoms with Crippen LogP contribution in [0.25, 0.3) is 64.2 Å². The Morgan fingerprint density at radius 1 is 0.438 bits per heavy atom. The summed E-state index contributed by atoms with van der Waals surface area (Å²) in [6.45, 7) is 0. The normalized spacial score (nSPS) is 11.8. The lowest BCUT2D eigenvalue weighted by atomic mass is 9.95. The highest BCUT2D eigenvalue weighted by molar-refractivity contribution is 7.13. The van der Waals surface area contributed by atoms with Crippen LogP contribution in [0.15, 0.2) is 96.0 Å². The van der Waals surface area contributed by atoms with Crippen molar-refractivity contribution in [2.45, 2.75) is 0 Å². The van der Waals surface area contributed by atoms with Crippen molar-refractivity contribution in [1.29, 1.82) is 0 Å². The van der Waals surface area contributed by atoms with Gasteiger partial charge in [-0.05, 0) is 79.5 Å². The third-order valence-electron chi connectivity index (χ3n) is 6.11. The van der Waals surface area contributed by atoms with Crippen LogP contribution in [0.2, 0.25) is 0 Å². The van der Waals surface area contributed by atoms with Crippen molar-refractivity contribution >= 4 is 65.8 Å². The van der Waals surface area contributed by atoms with Gasteiger partial charge in [0.05, 0.1) is 0 Å². The maximum absolute atomic E-state index is 4.46. The molecule has 5 aromatic carbocycles. The lowest BCUT2D eigenvalue weighted by Gasteiger charge is -2.10. The van der Waals surface area contributed by atoms with Crippen molar-refractivity contribution < 1.29 is 0 Å². The van der Waals surface area contributed by atoms with E-state index in [9.17, 15) is 0 Å². The molecule has 4 heteroatoms. The Hall–Kier alpha value is -3.60. The topological polar surface area (TPSA) is 25.8 Å². The lowest BCUT2D eigenvalue weighted by Crippen LogP contribution is -1.83. The van der Waals surface area contributed by atoms with E-state index in [0.29, 0.717) is 0 Å². The van der Waals surface area contributed by atoms with E-state index in [0.717, 1.165) is 10.0 Å². The summed E-state index contributed by atoms with van der Waals surface area (Å²) in [6, 6.07) is 27.0. The fraction of sp³-hybridized carbons (Fsp3) is 0. The molecule has 7 aromatic rings. The first-order chi connectivity index (χ1) is 15.8. The van der Waals surface area contributed by atoms with Gasteiger partial charge in [-0.15, -0.1) is 22.7 Å². The van der Waals surface area contributed by atoms with Crippen LogP contribution in [0.1, 0.15) is 0 Å². The van der Waals surface area contributed by atoms with Gasteiger partial charge < -0.3 is 0 Å². The predicted molar refractivity (Wildman–Crippen MR) is 139 cm³/mol. The van der Waals surface area contributed by atoms with Gasteiger partial charge in [0.2, 0.25) is 0 Å². The molecule has 2 aromatic heterocycles. The van der Waals surface area contributed by atoms with E-state index >= 15 is 0 Å². The summed E-state index contributed by atoms with van der Waals surface area (Å²) in [4.78, 5) is 8.93. The Morgan fingerprint density at radius 2 is 0.906 bits per heavy atom. The van der Waals surface area contributed by atoms with Gasteiger partial charge in [-0.2, -0.15) is 0 Å². The van der Waals surface area contributed by atoms with Crippen molar-refractivity contribution in [1.82, 2.24) is 9.97 Å². The molecule has 0 radical (unpaired) electrons. The Morgan fingerprint density at radius 3 is 1.34 bits per heavy atom. The van der Waals surface area contributed by atoms with E-state index in [1.807, 2.05) is 23.2 Å². The largest absolute Gasteiger partial charge is 0.245 e. The van der Waals surface area contributed by atoms with Gasteiger partial charge in [0.1, 0.15) is 10.0 Å². The third-order valence-corrected chi connectivity index (χ3v) is 7.75. The number of rotatable bonds is 2. The van der Waals surface area contributed by atoms with E-state index in [1.165, 1.54) is 54.2 Å². The molecular weight excluding hydrogens is 428 g/mol. The average molecular weight is 445 g/mol. The van der Waals surface area contributed by atoms with Crippen LogP contribution in [0, 0.1) is 0 Å². The summed E-state index contributed by atoms with van der Waals surface area (Å²) < 4.78 is 0. The van der Waals surface area contributed by atoms with Crippen LogP contribution in [0.5, 0.6) is 0 Å². The van der Waals surface area contributed by atoms with Crippen LogP contribution in [-0.2, 0) is 0 Å². The SMILES string of the molecule is c1csc(-c2ccc3cc4c(ccc5cc6cc(-c7nccs7)ccc6cc54)cc3c2)n1. The maximum Gasteiger partial charge on any atom is 0.123 e. The summed E-state index contributed by atoms with van der Waals surface area (Å²) in [5.74, 6) is 0. The van der Waals surface area contributed by atoms with Crippen molar-refractivity contribution in [2.75, 3.05) is 0 Å². The van der Waals surface area contributed by atoms with Crippen LogP contribution >= 0.6 is 22.7 Å². The zero-order valence-electron chi connectivity index (χ0n) is 16.9. The molecule has 0 spiro atoms. The van der Waals surface area contributed by atoms with Crippen molar-refractivity contribution in [3.8, 4) is 21.1 Å². The highest BCUT2D eigenvalue weighted by atomic mass is 32.1. The Balaban J connectivity index is 1.44. The van der Waals surface area contributed by atoms with E-state index in [2.05, 4.69) is 82.8 Å². The van der Waals surface area contributed by atoms with Crippen LogP contribution in [-0.4, -0.2) is 9.97 Å². The molecule has 2 nitrogen and oxygen atoms in total. The standard InChI is InChI=1S/C28H16N2S2/c1-5-21(27-29-7-9-31-27)13-23-11-19-3-4-20-12-24-14-22(28-30-8-10-32-28)6-2-18(24)16-26(20)25(19)15-17(1)23/h1-16H. The van der Waals surface area contributed by atoms with Crippen LogP contribution < -0.4 is 0 Å². The van der Waals surface area contributed by atoms with E-state index in [-0.39, 0.29) is 0 Å². The van der Waals surface area contributed by atoms with Gasteiger partial charge in [-0.25, -0.2) is 9.97 Å². The first kappa shape index (κ1) is 18.0. The number of aromatic nitrogens is 2. The summed E-state index contributed by atoms with van der Waals surface area (Å²) in [5, 5.41) is 16.3. The fourth-order valence-electron chi connectivity index (χ4n) is 4.55. The summed E-state index contributed by atoms with van der Waals surface area (Å²) >= 11 is 3.35. The number of hydrogen-bond acceptors (Lipinski definition) is 4. The molecule has 2 heterocycles. The maximum atomic E-state index is 4.46. The van der Waals surface area contributed by atoms with E-state index in [4.69, 9.17) is 0 Å². The second-order valence-corrected chi connectivity index (χ2v) is 9.80. The number of benzene rings is 5. The van der Waals surface area contributed by atoms with E-state index in [1.54, 1.807) is 22.7 Å². The van der Waals surface area contributed by atoms with Gasteiger partial charge in [0.15, 0.2) is 0 Å². The minimum atomic E-state index is 1.06. The lowest BCUT2D eigenvalue weighted by molar-refractivity contribution is 1.42. The zero-order chi connectivity index (χ0) is 21.1. The van der Waals surface area contributed by atoms with Crippen molar-refractivity contribution in [3.05, 3.63) is 96.0 Å². The molecule has 0 atom stereocenters. The van der Waals surface area contributed by atoms with Gasteiger partial charge in [0.25, 0.3) is 0 Å². The fourth-order valence-corrected chi connectivity index (χ4v) is 5.82. The number of nitrogens with zero attached hydrogens (tertiary/aromatic N) is 2. The second kappa shape index (κ2) is 6.95. The molecule has 32 heavy (non-hydrogen) atoms. The quantitative estimate of drug-likeness (QED) is 0.197. The Labute approximate surface area is 192 Å². The molecule has 0 saturated heterocycles. The molecule has 7 rings (SSSR count). The molecule has 150 valence electrons. The second-order valence-electron chi connectivity index (χ2n) is 8.01. The molecule has 0 fully saturated rings. The van der Waals surface area contributed by atoms with Crippen molar-refractivity contribution in [3.63, 3.8) is 0 Å². The molecule has 0 unspecified atom stereocenters. The molecule has 0 N–H and O–H groups in total. The highest BCUT2D eigenvalue weighted by Gasteiger charge is 2.08. The predicted octanol–water partition coefficient (Wildman–Crippen LogP) is 8.55. The molecular formula is C28H16N2S2. The summed E-state index contributed by atoms with van der Waals surface area (Å²) in [7, 11) is 0. The third kappa shape index (κ3) is 2.84. The summed E-state index contributed by atoms with van der Waals surface area (Å²) in [6.07, 6.45) is 3.72. The zero-order valence-corrected chi connectivity index (χ0v) is 18.6. The monoisotopic (exact) mass is 444 g/mol. The Kier molecular flexibility index (Phi) is 3.92.